The molecule has 0 bridgehead atoms. The summed E-state index contributed by atoms with van der Waals surface area (Å²) in [4.78, 5) is -2.95. The van der Waals surface area contributed by atoms with Crippen LogP contribution in [0, 0.1) is 152 Å². The van der Waals surface area contributed by atoms with E-state index in [9.17, 15) is 30.7 Å². The van der Waals surface area contributed by atoms with Crippen molar-refractivity contribution < 1.29 is 123 Å². The Labute approximate surface area is 442 Å². The molecule has 0 aromatic heterocycles. The Morgan fingerprint density at radius 1 is 0.253 bits per heavy atom. The van der Waals surface area contributed by atoms with Crippen LogP contribution in [0.1, 0.15) is 48.6 Å². The molecule has 0 aliphatic heterocycles. The molecule has 30 heteroatoms. The van der Waals surface area contributed by atoms with Gasteiger partial charge in [-0.1, -0.05) is 19.7 Å². The van der Waals surface area contributed by atoms with Crippen LogP contribution in [0.25, 0.3) is 49.0 Å². The third kappa shape index (κ3) is 8.22. The summed E-state index contributed by atoms with van der Waals surface area (Å²) in [6.07, 6.45) is -6.31. The first-order chi connectivity index (χ1) is 38.3. The van der Waals surface area contributed by atoms with Gasteiger partial charge in [0.15, 0.2) is 145 Å². The molecule has 0 fully saturated rings. The summed E-state index contributed by atoms with van der Waals surface area (Å²) in [6.45, 7) is 10.7. The highest BCUT2D eigenvalue weighted by atomic mass is 19.4. The van der Waals surface area contributed by atoms with Crippen molar-refractivity contribution in [1.29, 1.82) is 0 Å². The normalized spacial score (nSPS) is 12.0. The molecule has 0 saturated heterocycles. The average molecular weight is 1210 g/mol. The second kappa shape index (κ2) is 20.1. The molecule has 83 heavy (non-hydrogen) atoms. The third-order valence-electron chi connectivity index (χ3n) is 12.8. The fourth-order valence-corrected chi connectivity index (χ4v) is 9.24. The summed E-state index contributed by atoms with van der Waals surface area (Å²) in [6, 6.07) is 0. The van der Waals surface area contributed by atoms with E-state index in [1.807, 2.05) is 0 Å². The van der Waals surface area contributed by atoms with E-state index in [0.717, 1.165) is 0 Å². The van der Waals surface area contributed by atoms with Crippen LogP contribution in [-0.4, -0.2) is 0 Å². The van der Waals surface area contributed by atoms with Gasteiger partial charge in [0, 0.05) is 27.6 Å². The Bertz CT molecular complexity index is 4340. The topological polar surface area (TPSA) is 6.48 Å². The third-order valence-corrected chi connectivity index (χ3v) is 12.8. The van der Waals surface area contributed by atoms with E-state index in [4.69, 9.17) is 0 Å². The van der Waals surface area contributed by atoms with Crippen molar-refractivity contribution in [1.82, 2.24) is 0 Å². The van der Waals surface area contributed by atoms with Crippen molar-refractivity contribution in [2.45, 2.75) is 33.9 Å². The van der Waals surface area contributed by atoms with Crippen LogP contribution in [0.5, 0.6) is 0 Å². The van der Waals surface area contributed by atoms with Crippen LogP contribution in [0.3, 0.4) is 0 Å². The van der Waals surface area contributed by atoms with E-state index >= 15 is 92.2 Å². The standard InChI is InChI=1S/C53H18F28N2/c1-8(2)12-15-13(9(3)4)47(82(52-41(73)22(54)11(7)23(55)42(52)74)50-34(66)19-17(29(61)44(50)76)24(56)37(69)39(71)26(19)58)43(75)28(60)16(15)33(65)48(31(12)63)83(49-32(64)14(10(5)6)21(53(79,80)81)36(68)46(49)78)51-35(67)20-18(30(62)45(51)77)25(57)38(70)40(72)27(20)59/h1,3,5H2,2,4,6-7H3. The fraction of sp³-hybridized carbons (Fsp3) is 0.0943. The molecule has 0 atom stereocenters. The number of anilines is 6. The first kappa shape index (κ1) is 60.5. The number of halogens is 28. The quantitative estimate of drug-likeness (QED) is 0.0807. The fourth-order valence-electron chi connectivity index (χ4n) is 9.24. The van der Waals surface area contributed by atoms with Gasteiger partial charge in [-0.3, -0.25) is 9.80 Å². The van der Waals surface area contributed by atoms with Crippen LogP contribution < -0.4 is 9.80 Å². The summed E-state index contributed by atoms with van der Waals surface area (Å²) in [5, 5.41) is -15.2. The van der Waals surface area contributed by atoms with Crippen molar-refractivity contribution in [2.24, 2.45) is 0 Å². The molecule has 0 N–H and O–H groups in total. The molecule has 0 spiro atoms. The maximum atomic E-state index is 18.2. The van der Waals surface area contributed by atoms with Gasteiger partial charge in [0.1, 0.15) is 34.0 Å². The van der Waals surface area contributed by atoms with E-state index in [-0.39, 0.29) is 6.92 Å². The van der Waals surface area contributed by atoms with Crippen molar-refractivity contribution in [3.63, 3.8) is 0 Å². The molecular formula is C53H18F28N2. The van der Waals surface area contributed by atoms with Crippen LogP contribution in [0.15, 0.2) is 19.7 Å². The lowest BCUT2D eigenvalue weighted by molar-refractivity contribution is -0.140. The largest absolute Gasteiger partial charge is 0.420 e. The molecule has 8 rings (SSSR count). The Hall–Kier alpha value is -8.60. The van der Waals surface area contributed by atoms with Gasteiger partial charge in [0.25, 0.3) is 0 Å². The number of nitrogens with zero attached hydrogens (tertiary/aromatic N) is 2. The second-order valence-corrected chi connectivity index (χ2v) is 17.8. The molecule has 0 amide bonds. The molecule has 8 aromatic rings. The zero-order chi connectivity index (χ0) is 62.6. The highest BCUT2D eigenvalue weighted by Crippen LogP contribution is 2.56. The van der Waals surface area contributed by atoms with Crippen molar-refractivity contribution in [3.05, 3.63) is 193 Å². The molecule has 0 aliphatic carbocycles. The number of allylic oxidation sites excluding steroid dienone is 3. The molecular weight excluding hydrogens is 1200 g/mol. The Balaban J connectivity index is 1.71. The molecule has 436 valence electrons. The molecule has 8 aromatic carbocycles. The van der Waals surface area contributed by atoms with Gasteiger partial charge >= 0.3 is 6.18 Å². The summed E-state index contributed by atoms with van der Waals surface area (Å²) in [5.74, 6) is -79.1. The molecule has 0 heterocycles. The molecule has 0 unspecified atom stereocenters. The van der Waals surface area contributed by atoms with Gasteiger partial charge < -0.3 is 0 Å². The highest BCUT2D eigenvalue weighted by Gasteiger charge is 2.47. The number of rotatable bonds is 9. The first-order valence-electron chi connectivity index (χ1n) is 21.9. The molecule has 0 aliphatic rings. The number of hydrogen-bond acceptors (Lipinski definition) is 2. The lowest BCUT2D eigenvalue weighted by Gasteiger charge is -2.33. The van der Waals surface area contributed by atoms with Gasteiger partial charge in [-0.15, -0.1) is 0 Å². The SMILES string of the molecule is C=C(C)c1c(F)c(N(c2c(F)c(F)c3c(F)c(F)c(F)c(F)c3c2F)c2c(F)c(C(=C)C)c3c(C(=C)C)c(N(c4c(F)c(F)c(C)c(F)c4F)c4c(F)c(F)c5c(F)c(F)c(F)c(F)c5c4F)c(F)c(F)c3c2F)c(F)c(F)c1C(F)(F)F. The summed E-state index contributed by atoms with van der Waals surface area (Å²) in [7, 11) is 0. The lowest BCUT2D eigenvalue weighted by Crippen LogP contribution is -2.25. The van der Waals surface area contributed by atoms with E-state index in [1.165, 1.54) is 0 Å². The monoisotopic (exact) mass is 1210 g/mol. The maximum Gasteiger partial charge on any atom is 0.420 e. The maximum absolute atomic E-state index is 18.2. The minimum atomic E-state index is -6.31. The van der Waals surface area contributed by atoms with Crippen LogP contribution in [0.2, 0.25) is 0 Å². The van der Waals surface area contributed by atoms with E-state index in [1.54, 1.807) is 0 Å². The average Bonchev–Trinajstić information content (AvgIpc) is 1.10. The molecule has 0 radical (unpaired) electrons. The van der Waals surface area contributed by atoms with Gasteiger partial charge in [0.2, 0.25) is 0 Å². The summed E-state index contributed by atoms with van der Waals surface area (Å²) in [5.41, 5.74) is -32.9. The highest BCUT2D eigenvalue weighted by molar-refractivity contribution is 6.10. The zero-order valence-corrected chi connectivity index (χ0v) is 40.6. The van der Waals surface area contributed by atoms with Crippen LogP contribution in [-0.2, 0) is 6.18 Å². The van der Waals surface area contributed by atoms with Crippen molar-refractivity contribution in [3.8, 4) is 0 Å². The Kier molecular flexibility index (Phi) is 14.6. The van der Waals surface area contributed by atoms with E-state index in [0.29, 0.717) is 20.8 Å². The number of alkyl halides is 3. The van der Waals surface area contributed by atoms with Crippen LogP contribution in [0.4, 0.5) is 157 Å². The van der Waals surface area contributed by atoms with Gasteiger partial charge in [-0.2, -0.15) is 13.2 Å². The van der Waals surface area contributed by atoms with Crippen molar-refractivity contribution in [2.75, 3.05) is 9.80 Å². The minimum absolute atomic E-state index is 0.228. The molecule has 2 nitrogen and oxygen atoms in total. The number of hydrogen-bond donors (Lipinski definition) is 0. The Morgan fingerprint density at radius 3 is 0.819 bits per heavy atom. The number of fused-ring (bicyclic) bond motifs is 3. The van der Waals surface area contributed by atoms with Gasteiger partial charge in [-0.05, 0) is 44.4 Å². The van der Waals surface area contributed by atoms with Gasteiger partial charge in [-0.25, -0.2) is 110 Å². The van der Waals surface area contributed by atoms with Crippen LogP contribution >= 0.6 is 0 Å². The lowest BCUT2D eigenvalue weighted by atomic mass is 9.88. The zero-order valence-electron chi connectivity index (χ0n) is 40.6. The van der Waals surface area contributed by atoms with Gasteiger partial charge in [0.05, 0.1) is 32.6 Å². The predicted octanol–water partition coefficient (Wildman–Crippen LogP) is 20.0. The molecule has 0 saturated carbocycles. The summed E-state index contributed by atoms with van der Waals surface area (Å²) >= 11 is 0. The predicted molar refractivity (Wildman–Crippen MR) is 241 cm³/mol. The smallest absolute Gasteiger partial charge is 0.296 e. The van der Waals surface area contributed by atoms with Crippen molar-refractivity contribution >= 4 is 83.2 Å². The Morgan fingerprint density at radius 2 is 0.482 bits per heavy atom. The van der Waals surface area contributed by atoms with E-state index in [2.05, 4.69) is 19.7 Å². The second-order valence-electron chi connectivity index (χ2n) is 17.8. The minimum Gasteiger partial charge on any atom is -0.296 e. The first-order valence-corrected chi connectivity index (χ1v) is 21.9. The number of benzene rings is 8. The summed E-state index contributed by atoms with van der Waals surface area (Å²) < 4.78 is 447. The van der Waals surface area contributed by atoms with E-state index < -0.39 is 272 Å².